The number of phenolic OH excluding ortho intramolecular Hbond substituents is 4. The van der Waals surface area contributed by atoms with Crippen molar-refractivity contribution in [2.45, 2.75) is 44.9 Å². The molecule has 7 N–H and O–H groups in total. The highest BCUT2D eigenvalue weighted by atomic mass is 16.4. The number of aliphatic carboxylic acids is 1. The number of hydrogen-bond acceptors (Lipinski definition) is 6. The Bertz CT molecular complexity index is 821. The standard InChI is InChI=1S/C11H14O4.C10H13NO3/c12-9-5-6-10(13)8(7-9)3-1-2-4-11(14)15;11-10(14)3-1-2-7-6-8(12)4-5-9(7)13/h5-7,12-13H,1-4H2,(H,14,15);4-6,12-13H,1-3H2,(H2,11,14). The van der Waals surface area contributed by atoms with Crippen LogP contribution in [0.25, 0.3) is 0 Å². The summed E-state index contributed by atoms with van der Waals surface area (Å²) in [5.41, 5.74) is 6.26. The van der Waals surface area contributed by atoms with Crippen LogP contribution >= 0.6 is 0 Å². The molecule has 0 bridgehead atoms. The zero-order chi connectivity index (χ0) is 21.8. The molecule has 0 saturated heterocycles. The van der Waals surface area contributed by atoms with Crippen LogP contribution in [0.4, 0.5) is 0 Å². The van der Waals surface area contributed by atoms with Gasteiger partial charge in [-0.2, -0.15) is 0 Å². The Morgan fingerprint density at radius 1 is 0.724 bits per heavy atom. The van der Waals surface area contributed by atoms with Crippen LogP contribution in [0.3, 0.4) is 0 Å². The summed E-state index contributed by atoms with van der Waals surface area (Å²) in [6, 6.07) is 8.66. The largest absolute Gasteiger partial charge is 0.508 e. The number of benzene rings is 2. The Kier molecular flexibility index (Phi) is 9.87. The third-order valence-corrected chi connectivity index (χ3v) is 4.08. The molecule has 1 amide bonds. The lowest BCUT2D eigenvalue weighted by Gasteiger charge is -2.04. The number of rotatable bonds is 9. The van der Waals surface area contributed by atoms with Crippen molar-refractivity contribution >= 4 is 11.9 Å². The van der Waals surface area contributed by atoms with Crippen LogP contribution in [0.2, 0.25) is 0 Å². The van der Waals surface area contributed by atoms with E-state index in [9.17, 15) is 24.9 Å². The van der Waals surface area contributed by atoms with Crippen LogP contribution in [0.15, 0.2) is 36.4 Å². The van der Waals surface area contributed by atoms with Gasteiger partial charge in [0.25, 0.3) is 0 Å². The Hall–Kier alpha value is -3.42. The number of unbranched alkanes of at least 4 members (excludes halogenated alkanes) is 1. The third-order valence-electron chi connectivity index (χ3n) is 4.08. The summed E-state index contributed by atoms with van der Waals surface area (Å²) in [5.74, 6) is -0.673. The average Bonchev–Trinajstić information content (AvgIpc) is 2.64. The lowest BCUT2D eigenvalue weighted by Crippen LogP contribution is -2.10. The predicted molar refractivity (Wildman–Crippen MR) is 107 cm³/mol. The quantitative estimate of drug-likeness (QED) is 0.276. The van der Waals surface area contributed by atoms with Gasteiger partial charge in [-0.1, -0.05) is 0 Å². The van der Waals surface area contributed by atoms with E-state index >= 15 is 0 Å². The fourth-order valence-corrected chi connectivity index (χ4v) is 2.59. The van der Waals surface area contributed by atoms with Crippen molar-refractivity contribution in [3.05, 3.63) is 47.5 Å². The number of amides is 1. The molecule has 0 unspecified atom stereocenters. The summed E-state index contributed by atoms with van der Waals surface area (Å²) in [4.78, 5) is 20.7. The molecule has 0 spiro atoms. The minimum atomic E-state index is -0.810. The zero-order valence-electron chi connectivity index (χ0n) is 16.0. The second kappa shape index (κ2) is 12.1. The number of carbonyl (C=O) groups excluding carboxylic acids is 1. The predicted octanol–water partition coefficient (Wildman–Crippen LogP) is 2.80. The summed E-state index contributed by atoms with van der Waals surface area (Å²) in [5, 5.41) is 45.5. The van der Waals surface area contributed by atoms with Crippen molar-refractivity contribution < 1.29 is 35.1 Å². The van der Waals surface area contributed by atoms with Crippen molar-refractivity contribution in [3.8, 4) is 23.0 Å². The molecule has 2 rings (SSSR count). The van der Waals surface area contributed by atoms with Crippen LogP contribution in [-0.4, -0.2) is 37.4 Å². The van der Waals surface area contributed by atoms with Gasteiger partial charge in [-0.05, 0) is 79.6 Å². The average molecular weight is 405 g/mol. The van der Waals surface area contributed by atoms with Crippen molar-refractivity contribution in [2.75, 3.05) is 0 Å². The molecule has 0 saturated carbocycles. The van der Waals surface area contributed by atoms with E-state index in [1.54, 1.807) is 0 Å². The first-order valence-electron chi connectivity index (χ1n) is 9.21. The second-order valence-corrected chi connectivity index (χ2v) is 6.55. The number of carboxylic acids is 1. The lowest BCUT2D eigenvalue weighted by atomic mass is 10.1. The normalized spacial score (nSPS) is 10.1. The second-order valence-electron chi connectivity index (χ2n) is 6.55. The first kappa shape index (κ1) is 23.6. The van der Waals surface area contributed by atoms with Gasteiger partial charge in [-0.15, -0.1) is 0 Å². The Labute approximate surface area is 168 Å². The molecule has 0 aliphatic heterocycles. The fraction of sp³-hybridized carbons (Fsp3) is 0.333. The highest BCUT2D eigenvalue weighted by Crippen LogP contribution is 2.24. The number of aryl methyl sites for hydroxylation is 2. The molecule has 0 fully saturated rings. The first-order chi connectivity index (χ1) is 13.7. The number of aromatic hydroxyl groups is 4. The van der Waals surface area contributed by atoms with E-state index in [0.717, 1.165) is 0 Å². The van der Waals surface area contributed by atoms with Crippen LogP contribution < -0.4 is 5.73 Å². The van der Waals surface area contributed by atoms with Crippen molar-refractivity contribution in [1.29, 1.82) is 0 Å². The minimum absolute atomic E-state index is 0.108. The van der Waals surface area contributed by atoms with E-state index in [0.29, 0.717) is 43.2 Å². The maximum absolute atomic E-state index is 10.5. The molecule has 2 aromatic carbocycles. The van der Waals surface area contributed by atoms with Crippen molar-refractivity contribution in [1.82, 2.24) is 0 Å². The summed E-state index contributed by atoms with van der Waals surface area (Å²) in [7, 11) is 0. The number of hydrogen-bond donors (Lipinski definition) is 6. The molecule has 0 aliphatic carbocycles. The summed E-state index contributed by atoms with van der Waals surface area (Å²) < 4.78 is 0. The van der Waals surface area contributed by atoms with E-state index in [1.807, 2.05) is 0 Å². The van der Waals surface area contributed by atoms with Crippen molar-refractivity contribution in [2.24, 2.45) is 5.73 Å². The maximum Gasteiger partial charge on any atom is 0.303 e. The zero-order valence-corrected chi connectivity index (χ0v) is 16.0. The molecule has 0 heterocycles. The summed E-state index contributed by atoms with van der Waals surface area (Å²) in [6.45, 7) is 0. The Balaban J connectivity index is 0.000000291. The highest BCUT2D eigenvalue weighted by Gasteiger charge is 2.04. The van der Waals surface area contributed by atoms with E-state index in [-0.39, 0.29) is 41.7 Å². The van der Waals surface area contributed by atoms with Gasteiger partial charge < -0.3 is 31.3 Å². The molecular formula is C21H27NO7. The van der Waals surface area contributed by atoms with Crippen molar-refractivity contribution in [3.63, 3.8) is 0 Å². The monoisotopic (exact) mass is 405 g/mol. The molecule has 0 radical (unpaired) electrons. The van der Waals surface area contributed by atoms with E-state index < -0.39 is 5.97 Å². The van der Waals surface area contributed by atoms with Gasteiger partial charge in [0.15, 0.2) is 0 Å². The molecule has 0 aromatic heterocycles. The van der Waals surface area contributed by atoms with Crippen LogP contribution in [0, 0.1) is 0 Å². The van der Waals surface area contributed by atoms with Gasteiger partial charge in [-0.25, -0.2) is 0 Å². The smallest absolute Gasteiger partial charge is 0.303 e. The third kappa shape index (κ3) is 9.90. The Morgan fingerprint density at radius 3 is 1.66 bits per heavy atom. The number of primary amides is 1. The summed E-state index contributed by atoms with van der Waals surface area (Å²) in [6.07, 6.45) is 3.37. The topological polar surface area (TPSA) is 161 Å². The number of carbonyl (C=O) groups is 2. The highest BCUT2D eigenvalue weighted by molar-refractivity contribution is 5.73. The van der Waals surface area contributed by atoms with Crippen LogP contribution in [0.1, 0.15) is 43.2 Å². The van der Waals surface area contributed by atoms with Gasteiger partial charge >= 0.3 is 5.97 Å². The molecule has 158 valence electrons. The molecule has 8 nitrogen and oxygen atoms in total. The molecular weight excluding hydrogens is 378 g/mol. The van der Waals surface area contributed by atoms with Gasteiger partial charge in [0.1, 0.15) is 23.0 Å². The number of phenols is 4. The van der Waals surface area contributed by atoms with E-state index in [4.69, 9.17) is 15.9 Å². The first-order valence-corrected chi connectivity index (χ1v) is 9.21. The van der Waals surface area contributed by atoms with Gasteiger partial charge in [-0.3, -0.25) is 9.59 Å². The van der Waals surface area contributed by atoms with Crippen LogP contribution in [-0.2, 0) is 22.4 Å². The molecule has 0 aliphatic rings. The SMILES string of the molecule is NC(=O)CCCc1cc(O)ccc1O.O=C(O)CCCCc1cc(O)ccc1O. The minimum Gasteiger partial charge on any atom is -0.508 e. The lowest BCUT2D eigenvalue weighted by molar-refractivity contribution is -0.137. The van der Waals surface area contributed by atoms with E-state index in [2.05, 4.69) is 0 Å². The molecule has 0 atom stereocenters. The van der Waals surface area contributed by atoms with Gasteiger partial charge in [0.2, 0.25) is 5.91 Å². The van der Waals surface area contributed by atoms with Gasteiger partial charge in [0.05, 0.1) is 0 Å². The molecule has 8 heteroatoms. The molecule has 2 aromatic rings. The Morgan fingerprint density at radius 2 is 1.21 bits per heavy atom. The maximum atomic E-state index is 10.5. The fourth-order valence-electron chi connectivity index (χ4n) is 2.59. The van der Waals surface area contributed by atoms with E-state index in [1.165, 1.54) is 36.4 Å². The van der Waals surface area contributed by atoms with Gasteiger partial charge in [0, 0.05) is 12.8 Å². The number of nitrogens with two attached hydrogens (primary N) is 1. The number of carboxylic acid groups (broad SMARTS) is 1. The molecule has 29 heavy (non-hydrogen) atoms. The van der Waals surface area contributed by atoms with Crippen LogP contribution in [0.5, 0.6) is 23.0 Å². The summed E-state index contributed by atoms with van der Waals surface area (Å²) >= 11 is 0.